The summed E-state index contributed by atoms with van der Waals surface area (Å²) in [6.07, 6.45) is 8.24. The van der Waals surface area contributed by atoms with E-state index in [2.05, 4.69) is 28.3 Å². The number of anilines is 1. The van der Waals surface area contributed by atoms with Crippen LogP contribution >= 0.6 is 0 Å². The van der Waals surface area contributed by atoms with Crippen LogP contribution in [0.15, 0.2) is 29.2 Å². The molecular formula is C28H36N6O3. The van der Waals surface area contributed by atoms with Crippen molar-refractivity contribution in [1.29, 1.82) is 0 Å². The number of pyridine rings is 1. The predicted molar refractivity (Wildman–Crippen MR) is 143 cm³/mol. The number of primary amides is 1. The molecule has 2 saturated carbocycles. The van der Waals surface area contributed by atoms with Crippen molar-refractivity contribution < 1.29 is 9.90 Å². The summed E-state index contributed by atoms with van der Waals surface area (Å²) in [4.78, 5) is 37.7. The number of carbonyl (C=O) groups excluding carboxylic acids is 1. The first-order valence-corrected chi connectivity index (χ1v) is 13.7. The van der Waals surface area contributed by atoms with E-state index in [4.69, 9.17) is 10.7 Å². The van der Waals surface area contributed by atoms with Crippen molar-refractivity contribution in [3.05, 3.63) is 40.3 Å². The van der Waals surface area contributed by atoms with Gasteiger partial charge in [-0.15, -0.1) is 0 Å². The molecule has 1 saturated heterocycles. The van der Waals surface area contributed by atoms with E-state index < -0.39 is 0 Å². The first-order chi connectivity index (χ1) is 17.9. The lowest BCUT2D eigenvalue weighted by atomic mass is 9.86. The number of aliphatic hydroxyl groups excluding tert-OH is 1. The quantitative estimate of drug-likeness (QED) is 0.440. The van der Waals surface area contributed by atoms with E-state index in [0.29, 0.717) is 42.2 Å². The molecule has 9 heteroatoms. The van der Waals surface area contributed by atoms with Gasteiger partial charge in [-0.05, 0) is 87.9 Å². The van der Waals surface area contributed by atoms with Gasteiger partial charge in [0.05, 0.1) is 6.10 Å². The topological polar surface area (TPSA) is 126 Å². The Morgan fingerprint density at radius 2 is 1.89 bits per heavy atom. The van der Waals surface area contributed by atoms with Crippen LogP contribution in [0, 0.1) is 11.8 Å². The van der Waals surface area contributed by atoms with Crippen molar-refractivity contribution in [1.82, 2.24) is 19.4 Å². The van der Waals surface area contributed by atoms with Crippen LogP contribution in [-0.2, 0) is 4.79 Å². The second-order valence-electron chi connectivity index (χ2n) is 11.3. The summed E-state index contributed by atoms with van der Waals surface area (Å²) in [6, 6.07) is 6.07. The highest BCUT2D eigenvalue weighted by atomic mass is 16.3. The Hall–Kier alpha value is -3.04. The Morgan fingerprint density at radius 3 is 2.62 bits per heavy atom. The van der Waals surface area contributed by atoms with Crippen LogP contribution < -0.4 is 16.6 Å². The van der Waals surface area contributed by atoms with Crippen LogP contribution in [-0.4, -0.2) is 56.7 Å². The van der Waals surface area contributed by atoms with Crippen LogP contribution in [0.3, 0.4) is 0 Å². The van der Waals surface area contributed by atoms with Gasteiger partial charge in [0.2, 0.25) is 11.9 Å². The number of hydrogen-bond acceptors (Lipinski definition) is 7. The molecule has 0 bridgehead atoms. The van der Waals surface area contributed by atoms with Crippen LogP contribution in [0.2, 0.25) is 0 Å². The third kappa shape index (κ3) is 4.70. The number of piperidine rings is 1. The van der Waals surface area contributed by atoms with Crippen LogP contribution in [0.1, 0.15) is 69.0 Å². The minimum atomic E-state index is -0.310. The highest BCUT2D eigenvalue weighted by Gasteiger charge is 2.31. The van der Waals surface area contributed by atoms with E-state index in [1.54, 1.807) is 0 Å². The van der Waals surface area contributed by atoms with Gasteiger partial charge in [-0.25, -0.2) is 4.98 Å². The molecule has 1 aromatic carbocycles. The van der Waals surface area contributed by atoms with Crippen molar-refractivity contribution in [3.8, 4) is 0 Å². The largest absolute Gasteiger partial charge is 0.393 e. The Kier molecular flexibility index (Phi) is 6.36. The van der Waals surface area contributed by atoms with Gasteiger partial charge in [0.1, 0.15) is 5.65 Å². The number of aromatic nitrogens is 3. The SMILES string of the molecule is CN1CCC(C(N)=O)CC1c1ccc2c(c1)c(=O)n(C1CCC(O)CC1)c1nc(NCC3CC3)ncc21. The molecular weight excluding hydrogens is 468 g/mol. The number of nitrogens with two attached hydrogens (primary N) is 1. The fourth-order valence-corrected chi connectivity index (χ4v) is 6.18. The molecule has 3 heterocycles. The standard InChI is InChI=1S/C28H36N6O3/c1-33-11-10-18(25(29)36)13-24(33)17-4-9-21-22(12-17)27(37)34(19-5-7-20(35)8-6-19)26-23(21)15-31-28(32-26)30-14-16-2-3-16/h4,9,12,15-16,18-20,24,35H,2-3,5-8,10-11,13-14H2,1H3,(H2,29,36)(H,30,31,32). The van der Waals surface area contributed by atoms with E-state index in [1.807, 2.05) is 22.9 Å². The summed E-state index contributed by atoms with van der Waals surface area (Å²) in [5, 5.41) is 15.8. The van der Waals surface area contributed by atoms with E-state index in [-0.39, 0.29) is 35.6 Å². The number of hydrogen-bond donors (Lipinski definition) is 3. The second-order valence-corrected chi connectivity index (χ2v) is 11.3. The number of nitrogens with one attached hydrogen (secondary N) is 1. The van der Waals surface area contributed by atoms with Gasteiger partial charge < -0.3 is 16.2 Å². The van der Waals surface area contributed by atoms with Crippen LogP contribution in [0.5, 0.6) is 0 Å². The van der Waals surface area contributed by atoms with Crippen LogP contribution in [0.4, 0.5) is 5.95 Å². The summed E-state index contributed by atoms with van der Waals surface area (Å²) in [6.45, 7) is 1.64. The van der Waals surface area contributed by atoms with Gasteiger partial charge in [-0.3, -0.25) is 19.1 Å². The van der Waals surface area contributed by atoms with Gasteiger partial charge in [0.15, 0.2) is 0 Å². The number of aliphatic hydroxyl groups is 1. The number of likely N-dealkylation sites (tertiary alicyclic amines) is 1. The Bertz CT molecular complexity index is 1390. The molecule has 2 aromatic heterocycles. The third-order valence-electron chi connectivity index (χ3n) is 8.71. The Labute approximate surface area is 216 Å². The molecule has 196 valence electrons. The summed E-state index contributed by atoms with van der Waals surface area (Å²) in [5.41, 5.74) is 7.27. The summed E-state index contributed by atoms with van der Waals surface area (Å²) in [7, 11) is 2.06. The molecule has 2 unspecified atom stereocenters. The van der Waals surface area contributed by atoms with Gasteiger partial charge in [0.25, 0.3) is 5.56 Å². The second kappa shape index (κ2) is 9.68. The average Bonchev–Trinajstić information content (AvgIpc) is 3.73. The summed E-state index contributed by atoms with van der Waals surface area (Å²) in [5.74, 6) is 0.827. The van der Waals surface area contributed by atoms with Crippen molar-refractivity contribution >= 4 is 33.7 Å². The maximum absolute atomic E-state index is 14.1. The number of fused-ring (bicyclic) bond motifs is 3. The molecule has 4 N–H and O–H groups in total. The first-order valence-electron chi connectivity index (χ1n) is 13.7. The van der Waals surface area contributed by atoms with Crippen LogP contribution in [0.25, 0.3) is 21.8 Å². The lowest BCUT2D eigenvalue weighted by Crippen LogP contribution is -2.38. The number of carbonyl (C=O) groups is 1. The number of rotatable bonds is 6. The smallest absolute Gasteiger partial charge is 0.260 e. The normalized spacial score (nSPS) is 27.0. The molecule has 6 rings (SSSR count). The molecule has 9 nitrogen and oxygen atoms in total. The summed E-state index contributed by atoms with van der Waals surface area (Å²) < 4.78 is 1.86. The third-order valence-corrected chi connectivity index (χ3v) is 8.71. The van der Waals surface area contributed by atoms with E-state index in [1.165, 1.54) is 12.8 Å². The fraction of sp³-hybridized carbons (Fsp3) is 0.571. The zero-order chi connectivity index (χ0) is 25.7. The zero-order valence-corrected chi connectivity index (χ0v) is 21.4. The highest BCUT2D eigenvalue weighted by molar-refractivity contribution is 6.04. The lowest BCUT2D eigenvalue weighted by molar-refractivity contribution is -0.123. The molecule has 3 aliphatic rings. The number of benzene rings is 1. The summed E-state index contributed by atoms with van der Waals surface area (Å²) >= 11 is 0. The van der Waals surface area contributed by atoms with Crippen molar-refractivity contribution in [2.75, 3.05) is 25.5 Å². The minimum absolute atomic E-state index is 0.0192. The highest BCUT2D eigenvalue weighted by Crippen LogP contribution is 2.36. The minimum Gasteiger partial charge on any atom is -0.393 e. The maximum Gasteiger partial charge on any atom is 0.260 e. The number of nitrogens with zero attached hydrogens (tertiary/aromatic N) is 4. The maximum atomic E-state index is 14.1. The lowest BCUT2D eigenvalue weighted by Gasteiger charge is -2.36. The molecule has 0 radical (unpaired) electrons. The van der Waals surface area contributed by atoms with E-state index in [9.17, 15) is 14.7 Å². The Morgan fingerprint density at radius 1 is 1.11 bits per heavy atom. The number of amides is 1. The zero-order valence-electron chi connectivity index (χ0n) is 21.4. The molecule has 37 heavy (non-hydrogen) atoms. The van der Waals surface area contributed by atoms with Gasteiger partial charge in [-0.1, -0.05) is 12.1 Å². The van der Waals surface area contributed by atoms with Crippen molar-refractivity contribution in [2.24, 2.45) is 17.6 Å². The van der Waals surface area contributed by atoms with E-state index in [0.717, 1.165) is 48.7 Å². The molecule has 1 aliphatic heterocycles. The molecule has 2 aliphatic carbocycles. The Balaban J connectivity index is 1.47. The first kappa shape index (κ1) is 24.3. The monoisotopic (exact) mass is 504 g/mol. The van der Waals surface area contributed by atoms with E-state index >= 15 is 0 Å². The van der Waals surface area contributed by atoms with Crippen molar-refractivity contribution in [3.63, 3.8) is 0 Å². The molecule has 0 spiro atoms. The molecule has 3 aromatic rings. The predicted octanol–water partition coefficient (Wildman–Crippen LogP) is 3.11. The van der Waals surface area contributed by atoms with Crippen molar-refractivity contribution in [2.45, 2.75) is 69.6 Å². The fourth-order valence-electron chi connectivity index (χ4n) is 6.18. The van der Waals surface area contributed by atoms with Gasteiger partial charge in [-0.2, -0.15) is 4.98 Å². The van der Waals surface area contributed by atoms with Gasteiger partial charge >= 0.3 is 0 Å². The average molecular weight is 505 g/mol. The molecule has 3 fully saturated rings. The molecule has 1 amide bonds. The molecule has 2 atom stereocenters. The van der Waals surface area contributed by atoms with Gasteiger partial charge in [0, 0.05) is 41.5 Å².